The summed E-state index contributed by atoms with van der Waals surface area (Å²) >= 11 is 3.29. The van der Waals surface area contributed by atoms with Crippen LogP contribution in [0.5, 0.6) is 0 Å². The highest BCUT2D eigenvalue weighted by atomic mass is 79.9. The fraction of sp³-hybridized carbons (Fsp3) is 0.0769. The van der Waals surface area contributed by atoms with Crippen molar-refractivity contribution >= 4 is 44.5 Å². The van der Waals surface area contributed by atoms with E-state index in [1.165, 1.54) is 24.4 Å². The van der Waals surface area contributed by atoms with Crippen molar-refractivity contribution in [2.24, 2.45) is 0 Å². The van der Waals surface area contributed by atoms with E-state index < -0.39 is 10.6 Å². The van der Waals surface area contributed by atoms with Gasteiger partial charge in [-0.3, -0.25) is 4.79 Å². The summed E-state index contributed by atoms with van der Waals surface area (Å²) in [6.07, 6.45) is 1.53. The fourth-order valence-corrected chi connectivity index (χ4v) is 2.11. The van der Waals surface area contributed by atoms with Crippen LogP contribution in [0.3, 0.4) is 0 Å². The Balaban J connectivity index is 0.00000180. The molecule has 2 rings (SSSR count). The van der Waals surface area contributed by atoms with Gasteiger partial charge in [0.25, 0.3) is 0 Å². The number of carbonyl (C=O) groups excluding carboxylic acids is 1. The molecular formula is C13H11Br2FN2O. The average molecular weight is 390 g/mol. The Hall–Kier alpha value is -1.27. The van der Waals surface area contributed by atoms with Crippen LogP contribution in [0.25, 0.3) is 0 Å². The lowest BCUT2D eigenvalue weighted by atomic mass is 10.0. The Kier molecular flexibility index (Phi) is 5.62. The van der Waals surface area contributed by atoms with Crippen LogP contribution in [0.1, 0.15) is 20.7 Å². The van der Waals surface area contributed by atoms with Gasteiger partial charge in [0.1, 0.15) is 16.5 Å². The van der Waals surface area contributed by atoms with Gasteiger partial charge in [0.15, 0.2) is 5.78 Å². The van der Waals surface area contributed by atoms with Crippen molar-refractivity contribution < 1.29 is 9.18 Å². The van der Waals surface area contributed by atoms with Crippen LogP contribution < -0.4 is 5.73 Å². The van der Waals surface area contributed by atoms with Gasteiger partial charge in [-0.05, 0) is 29.8 Å². The fourth-order valence-electron chi connectivity index (χ4n) is 1.56. The SMILES string of the molecule is Br.Nc1cc(C(Br)C(=O)c2cccc(F)c2)ccn1. The summed E-state index contributed by atoms with van der Waals surface area (Å²) in [6, 6.07) is 8.88. The van der Waals surface area contributed by atoms with Crippen LogP contribution >= 0.6 is 32.9 Å². The number of rotatable bonds is 3. The highest BCUT2D eigenvalue weighted by Gasteiger charge is 2.19. The third-order valence-electron chi connectivity index (χ3n) is 2.44. The number of alkyl halides is 1. The number of nitrogens with two attached hydrogens (primary N) is 1. The zero-order chi connectivity index (χ0) is 13.1. The van der Waals surface area contributed by atoms with Crippen molar-refractivity contribution in [3.63, 3.8) is 0 Å². The largest absolute Gasteiger partial charge is 0.384 e. The molecule has 0 bridgehead atoms. The first kappa shape index (κ1) is 15.8. The molecule has 0 aliphatic rings. The Morgan fingerprint density at radius 1 is 1.32 bits per heavy atom. The van der Waals surface area contributed by atoms with Gasteiger partial charge in [-0.15, -0.1) is 17.0 Å². The van der Waals surface area contributed by atoms with Crippen molar-refractivity contribution in [2.45, 2.75) is 4.83 Å². The smallest absolute Gasteiger partial charge is 0.180 e. The quantitative estimate of drug-likeness (QED) is 0.643. The van der Waals surface area contributed by atoms with Crippen LogP contribution in [-0.2, 0) is 0 Å². The third-order valence-corrected chi connectivity index (χ3v) is 3.38. The first-order valence-corrected chi connectivity index (χ1v) is 6.15. The van der Waals surface area contributed by atoms with E-state index in [2.05, 4.69) is 20.9 Å². The number of halogens is 3. The van der Waals surface area contributed by atoms with Crippen LogP contribution in [0.15, 0.2) is 42.6 Å². The lowest BCUT2D eigenvalue weighted by molar-refractivity contribution is 0.0991. The second-order valence-electron chi connectivity index (χ2n) is 3.75. The predicted molar refractivity (Wildman–Crippen MR) is 81.4 cm³/mol. The molecule has 0 radical (unpaired) electrons. The summed E-state index contributed by atoms with van der Waals surface area (Å²) in [5.41, 5.74) is 6.56. The molecule has 2 aromatic rings. The summed E-state index contributed by atoms with van der Waals surface area (Å²) in [7, 11) is 0. The van der Waals surface area contributed by atoms with Crippen LogP contribution in [0, 0.1) is 5.82 Å². The molecule has 1 heterocycles. The topological polar surface area (TPSA) is 56.0 Å². The number of carbonyl (C=O) groups is 1. The number of anilines is 1. The Morgan fingerprint density at radius 2 is 2.05 bits per heavy atom. The lowest BCUT2D eigenvalue weighted by Crippen LogP contribution is -2.08. The molecule has 1 atom stereocenters. The summed E-state index contributed by atoms with van der Waals surface area (Å²) in [5, 5.41) is 0. The Labute approximate surface area is 128 Å². The molecule has 0 amide bonds. The number of ketones is 1. The zero-order valence-electron chi connectivity index (χ0n) is 9.72. The second-order valence-corrected chi connectivity index (χ2v) is 4.67. The number of hydrogen-bond donors (Lipinski definition) is 1. The standard InChI is InChI=1S/C13H10BrFN2O.BrH/c14-12(8-4-5-17-11(16)7-8)13(18)9-2-1-3-10(15)6-9;/h1-7,12H,(H2,16,17);1H. The molecule has 100 valence electrons. The molecule has 2 N–H and O–H groups in total. The number of nitrogens with zero attached hydrogens (tertiary/aromatic N) is 1. The Morgan fingerprint density at radius 3 is 2.68 bits per heavy atom. The molecule has 3 nitrogen and oxygen atoms in total. The zero-order valence-corrected chi connectivity index (χ0v) is 13.0. The van der Waals surface area contributed by atoms with Gasteiger partial charge in [-0.1, -0.05) is 28.1 Å². The molecule has 0 saturated carbocycles. The van der Waals surface area contributed by atoms with Crippen LogP contribution in [-0.4, -0.2) is 10.8 Å². The molecular weight excluding hydrogens is 379 g/mol. The van der Waals surface area contributed by atoms with Gasteiger partial charge in [-0.2, -0.15) is 0 Å². The van der Waals surface area contributed by atoms with E-state index in [4.69, 9.17) is 5.73 Å². The van der Waals surface area contributed by atoms with E-state index in [1.54, 1.807) is 18.2 Å². The molecule has 0 saturated heterocycles. The normalized spacial score (nSPS) is 11.5. The van der Waals surface area contributed by atoms with Crippen molar-refractivity contribution in [1.82, 2.24) is 4.98 Å². The van der Waals surface area contributed by atoms with Gasteiger partial charge in [0, 0.05) is 11.8 Å². The van der Waals surface area contributed by atoms with Crippen molar-refractivity contribution in [3.8, 4) is 0 Å². The molecule has 0 aliphatic heterocycles. The number of pyridine rings is 1. The number of aromatic nitrogens is 1. The molecule has 1 unspecified atom stereocenters. The number of nitrogen functional groups attached to an aromatic ring is 1. The molecule has 0 spiro atoms. The van der Waals surface area contributed by atoms with E-state index in [1.807, 2.05) is 0 Å². The maximum Gasteiger partial charge on any atom is 0.180 e. The van der Waals surface area contributed by atoms with E-state index >= 15 is 0 Å². The first-order valence-electron chi connectivity index (χ1n) is 5.23. The maximum atomic E-state index is 13.1. The van der Waals surface area contributed by atoms with Gasteiger partial charge in [0.05, 0.1) is 0 Å². The summed E-state index contributed by atoms with van der Waals surface area (Å²) in [5.74, 6) is -0.320. The van der Waals surface area contributed by atoms with Gasteiger partial charge >= 0.3 is 0 Å². The summed E-state index contributed by atoms with van der Waals surface area (Å²) in [4.78, 5) is 15.4. The van der Waals surface area contributed by atoms with E-state index in [0.717, 1.165) is 0 Å². The molecule has 6 heteroatoms. The summed E-state index contributed by atoms with van der Waals surface area (Å²) < 4.78 is 13.1. The van der Waals surface area contributed by atoms with E-state index in [9.17, 15) is 9.18 Å². The van der Waals surface area contributed by atoms with Gasteiger partial charge in [0.2, 0.25) is 0 Å². The first-order chi connectivity index (χ1) is 8.58. The molecule has 0 aliphatic carbocycles. The van der Waals surface area contributed by atoms with Gasteiger partial charge < -0.3 is 5.73 Å². The lowest BCUT2D eigenvalue weighted by Gasteiger charge is -2.09. The molecule has 1 aromatic carbocycles. The monoisotopic (exact) mass is 388 g/mol. The number of benzene rings is 1. The van der Waals surface area contributed by atoms with Crippen molar-refractivity contribution in [2.75, 3.05) is 5.73 Å². The number of hydrogen-bond acceptors (Lipinski definition) is 3. The minimum Gasteiger partial charge on any atom is -0.384 e. The Bertz CT molecular complexity index is 592. The van der Waals surface area contributed by atoms with E-state index in [-0.39, 0.29) is 22.8 Å². The second kappa shape index (κ2) is 6.77. The number of Topliss-reactive ketones (excluding diaryl/α,β-unsaturated/α-hetero) is 1. The highest BCUT2D eigenvalue weighted by Crippen LogP contribution is 2.27. The van der Waals surface area contributed by atoms with Crippen molar-refractivity contribution in [3.05, 3.63) is 59.5 Å². The average Bonchev–Trinajstić information content (AvgIpc) is 2.37. The highest BCUT2D eigenvalue weighted by molar-refractivity contribution is 9.09. The minimum atomic E-state index is -0.565. The minimum absolute atomic E-state index is 0. The van der Waals surface area contributed by atoms with Crippen LogP contribution in [0.4, 0.5) is 10.2 Å². The maximum absolute atomic E-state index is 13.1. The third kappa shape index (κ3) is 3.84. The van der Waals surface area contributed by atoms with Crippen molar-refractivity contribution in [1.29, 1.82) is 0 Å². The predicted octanol–water partition coefficient (Wildman–Crippen LogP) is 3.70. The summed E-state index contributed by atoms with van der Waals surface area (Å²) in [6.45, 7) is 0. The molecule has 19 heavy (non-hydrogen) atoms. The molecule has 1 aromatic heterocycles. The molecule has 0 fully saturated rings. The van der Waals surface area contributed by atoms with Gasteiger partial charge in [-0.25, -0.2) is 9.37 Å². The van der Waals surface area contributed by atoms with E-state index in [0.29, 0.717) is 16.9 Å². The van der Waals surface area contributed by atoms with Crippen LogP contribution in [0.2, 0.25) is 0 Å².